The molecule has 15 heavy (non-hydrogen) atoms. The van der Waals surface area contributed by atoms with Crippen LogP contribution in [0.25, 0.3) is 0 Å². The molecule has 1 atom stereocenters. The molecule has 0 fully saturated rings. The second kappa shape index (κ2) is 6.57. The van der Waals surface area contributed by atoms with Crippen molar-refractivity contribution in [2.45, 2.75) is 39.2 Å². The second-order valence-electron chi connectivity index (χ2n) is 4.00. The third-order valence-electron chi connectivity index (χ3n) is 2.64. The molecule has 84 valence electrons. The zero-order valence-corrected chi connectivity index (χ0v) is 9.59. The van der Waals surface area contributed by atoms with E-state index in [1.807, 2.05) is 6.07 Å². The first kappa shape index (κ1) is 12.2. The molecule has 0 aromatic heterocycles. The van der Waals surface area contributed by atoms with Crippen LogP contribution in [0.1, 0.15) is 32.3 Å². The van der Waals surface area contributed by atoms with Crippen LogP contribution in [0, 0.1) is 5.82 Å². The fourth-order valence-corrected chi connectivity index (χ4v) is 1.48. The van der Waals surface area contributed by atoms with Crippen LogP contribution in [0.15, 0.2) is 24.3 Å². The van der Waals surface area contributed by atoms with E-state index in [4.69, 9.17) is 0 Å². The van der Waals surface area contributed by atoms with Gasteiger partial charge in [0.15, 0.2) is 0 Å². The van der Waals surface area contributed by atoms with Crippen molar-refractivity contribution in [1.82, 2.24) is 5.32 Å². The predicted molar refractivity (Wildman–Crippen MR) is 62.5 cm³/mol. The third-order valence-corrected chi connectivity index (χ3v) is 2.64. The molecule has 0 heterocycles. The van der Waals surface area contributed by atoms with Gasteiger partial charge in [-0.25, -0.2) is 4.39 Å². The van der Waals surface area contributed by atoms with Crippen molar-refractivity contribution in [2.24, 2.45) is 0 Å². The maximum atomic E-state index is 12.8. The number of aryl methyl sites for hydroxylation is 1. The highest BCUT2D eigenvalue weighted by atomic mass is 19.1. The molecular weight excluding hydrogens is 189 g/mol. The fourth-order valence-electron chi connectivity index (χ4n) is 1.48. The number of benzene rings is 1. The molecule has 0 amide bonds. The van der Waals surface area contributed by atoms with Gasteiger partial charge in [-0.15, -0.1) is 0 Å². The zero-order chi connectivity index (χ0) is 11.1. The SMILES string of the molecule is CCC(C)NCCCc1cccc(F)c1. The van der Waals surface area contributed by atoms with E-state index in [1.165, 1.54) is 6.07 Å². The van der Waals surface area contributed by atoms with Crippen molar-refractivity contribution in [2.75, 3.05) is 6.54 Å². The normalized spacial score (nSPS) is 12.7. The highest BCUT2D eigenvalue weighted by Gasteiger charge is 1.98. The number of hydrogen-bond acceptors (Lipinski definition) is 1. The molecule has 0 saturated carbocycles. The molecule has 0 spiro atoms. The summed E-state index contributed by atoms with van der Waals surface area (Å²) >= 11 is 0. The Hall–Kier alpha value is -0.890. The van der Waals surface area contributed by atoms with Gasteiger partial charge >= 0.3 is 0 Å². The lowest BCUT2D eigenvalue weighted by molar-refractivity contribution is 0.524. The van der Waals surface area contributed by atoms with Gasteiger partial charge in [0.1, 0.15) is 5.82 Å². The predicted octanol–water partition coefficient (Wildman–Crippen LogP) is 3.15. The van der Waals surface area contributed by atoms with Crippen LogP contribution in [0.2, 0.25) is 0 Å². The van der Waals surface area contributed by atoms with Gasteiger partial charge < -0.3 is 5.32 Å². The van der Waals surface area contributed by atoms with Crippen LogP contribution in [-0.2, 0) is 6.42 Å². The standard InChI is InChI=1S/C13H20FN/c1-3-11(2)15-9-5-7-12-6-4-8-13(14)10-12/h4,6,8,10-11,15H,3,5,7,9H2,1-2H3. The lowest BCUT2D eigenvalue weighted by Crippen LogP contribution is -2.26. The Kier molecular flexibility index (Phi) is 5.33. The third kappa shape index (κ3) is 4.93. The van der Waals surface area contributed by atoms with E-state index in [-0.39, 0.29) is 5.82 Å². The summed E-state index contributed by atoms with van der Waals surface area (Å²) in [6, 6.07) is 7.43. The van der Waals surface area contributed by atoms with Gasteiger partial charge in [0.05, 0.1) is 0 Å². The van der Waals surface area contributed by atoms with Gasteiger partial charge in [0.25, 0.3) is 0 Å². The van der Waals surface area contributed by atoms with Gasteiger partial charge in [0.2, 0.25) is 0 Å². The van der Waals surface area contributed by atoms with E-state index in [2.05, 4.69) is 19.2 Å². The highest BCUT2D eigenvalue weighted by molar-refractivity contribution is 5.16. The Morgan fingerprint density at radius 3 is 2.87 bits per heavy atom. The van der Waals surface area contributed by atoms with E-state index in [0.717, 1.165) is 31.4 Å². The largest absolute Gasteiger partial charge is 0.314 e. The molecule has 1 rings (SSSR count). The van der Waals surface area contributed by atoms with Crippen LogP contribution in [0.4, 0.5) is 4.39 Å². The molecule has 1 N–H and O–H groups in total. The molecule has 1 aromatic carbocycles. The minimum absolute atomic E-state index is 0.137. The molecular formula is C13H20FN. The average molecular weight is 209 g/mol. The molecule has 0 bridgehead atoms. The summed E-state index contributed by atoms with van der Waals surface area (Å²) in [4.78, 5) is 0. The monoisotopic (exact) mass is 209 g/mol. The first-order chi connectivity index (χ1) is 7.22. The van der Waals surface area contributed by atoms with Gasteiger partial charge in [0, 0.05) is 6.04 Å². The molecule has 0 aliphatic carbocycles. The molecule has 1 nitrogen and oxygen atoms in total. The van der Waals surface area contributed by atoms with Gasteiger partial charge in [-0.3, -0.25) is 0 Å². The van der Waals surface area contributed by atoms with Crippen molar-refractivity contribution >= 4 is 0 Å². The molecule has 0 radical (unpaired) electrons. The second-order valence-corrected chi connectivity index (χ2v) is 4.00. The first-order valence-electron chi connectivity index (χ1n) is 5.70. The highest BCUT2D eigenvalue weighted by Crippen LogP contribution is 2.05. The molecule has 0 aliphatic rings. The summed E-state index contributed by atoms with van der Waals surface area (Å²) in [5, 5.41) is 3.42. The Morgan fingerprint density at radius 1 is 1.40 bits per heavy atom. The van der Waals surface area contributed by atoms with E-state index in [1.54, 1.807) is 12.1 Å². The summed E-state index contributed by atoms with van der Waals surface area (Å²) in [5.74, 6) is -0.137. The van der Waals surface area contributed by atoms with Gasteiger partial charge in [-0.05, 0) is 50.4 Å². The number of hydrogen-bond donors (Lipinski definition) is 1. The lowest BCUT2D eigenvalue weighted by atomic mass is 10.1. The summed E-state index contributed by atoms with van der Waals surface area (Å²) < 4.78 is 12.8. The summed E-state index contributed by atoms with van der Waals surface area (Å²) in [6.07, 6.45) is 3.16. The van der Waals surface area contributed by atoms with Crippen LogP contribution < -0.4 is 5.32 Å². The van der Waals surface area contributed by atoms with E-state index in [0.29, 0.717) is 6.04 Å². The maximum absolute atomic E-state index is 12.8. The molecule has 0 aliphatic heterocycles. The molecule has 1 unspecified atom stereocenters. The smallest absolute Gasteiger partial charge is 0.123 e. The van der Waals surface area contributed by atoms with Crippen molar-refractivity contribution in [3.05, 3.63) is 35.6 Å². The summed E-state index contributed by atoms with van der Waals surface area (Å²) in [5.41, 5.74) is 1.08. The summed E-state index contributed by atoms with van der Waals surface area (Å²) in [6.45, 7) is 5.36. The first-order valence-corrected chi connectivity index (χ1v) is 5.70. The zero-order valence-electron chi connectivity index (χ0n) is 9.59. The number of halogens is 1. The van der Waals surface area contributed by atoms with Crippen molar-refractivity contribution < 1.29 is 4.39 Å². The summed E-state index contributed by atoms with van der Waals surface area (Å²) in [7, 11) is 0. The van der Waals surface area contributed by atoms with Crippen LogP contribution in [-0.4, -0.2) is 12.6 Å². The van der Waals surface area contributed by atoms with Crippen LogP contribution in [0.3, 0.4) is 0 Å². The van der Waals surface area contributed by atoms with E-state index in [9.17, 15) is 4.39 Å². The van der Waals surface area contributed by atoms with Crippen molar-refractivity contribution in [3.8, 4) is 0 Å². The minimum atomic E-state index is -0.137. The van der Waals surface area contributed by atoms with Crippen molar-refractivity contribution in [3.63, 3.8) is 0 Å². The minimum Gasteiger partial charge on any atom is -0.314 e. The quantitative estimate of drug-likeness (QED) is 0.710. The average Bonchev–Trinajstić information content (AvgIpc) is 2.24. The van der Waals surface area contributed by atoms with E-state index < -0.39 is 0 Å². The van der Waals surface area contributed by atoms with Gasteiger partial charge in [-0.1, -0.05) is 19.1 Å². The fraction of sp³-hybridized carbons (Fsp3) is 0.538. The molecule has 0 saturated heterocycles. The Labute approximate surface area is 91.7 Å². The van der Waals surface area contributed by atoms with Gasteiger partial charge in [-0.2, -0.15) is 0 Å². The van der Waals surface area contributed by atoms with Crippen LogP contribution in [0.5, 0.6) is 0 Å². The van der Waals surface area contributed by atoms with Crippen LogP contribution >= 0.6 is 0 Å². The lowest BCUT2D eigenvalue weighted by Gasteiger charge is -2.10. The number of rotatable bonds is 6. The number of nitrogens with one attached hydrogen (secondary N) is 1. The van der Waals surface area contributed by atoms with E-state index >= 15 is 0 Å². The maximum Gasteiger partial charge on any atom is 0.123 e. The topological polar surface area (TPSA) is 12.0 Å². The molecule has 1 aromatic rings. The Bertz CT molecular complexity index is 286. The van der Waals surface area contributed by atoms with Crippen molar-refractivity contribution in [1.29, 1.82) is 0 Å². The Morgan fingerprint density at radius 2 is 2.20 bits per heavy atom. The molecule has 2 heteroatoms. The Balaban J connectivity index is 2.20.